The van der Waals surface area contributed by atoms with E-state index in [2.05, 4.69) is 5.32 Å². The Balaban J connectivity index is 1.50. The second-order valence-corrected chi connectivity index (χ2v) is 9.81. The van der Waals surface area contributed by atoms with Crippen molar-refractivity contribution >= 4 is 12.0 Å². The number of carbonyl (C=O) groups is 2. The first-order valence-corrected chi connectivity index (χ1v) is 11.6. The smallest absolute Gasteiger partial charge is 0.408 e. The van der Waals surface area contributed by atoms with Gasteiger partial charge in [-0.25, -0.2) is 9.18 Å². The third kappa shape index (κ3) is 5.39. The van der Waals surface area contributed by atoms with Gasteiger partial charge in [-0.05, 0) is 56.0 Å². The number of halogens is 1. The number of aliphatic hydroxyl groups is 1. The number of hydrogen-bond donors (Lipinski definition) is 2. The van der Waals surface area contributed by atoms with Gasteiger partial charge < -0.3 is 24.8 Å². The number of hydrogen-bond acceptors (Lipinski definition) is 5. The number of nitrogens with zero attached hydrogens (tertiary/aromatic N) is 1. The van der Waals surface area contributed by atoms with Crippen molar-refractivity contribution in [3.8, 4) is 0 Å². The van der Waals surface area contributed by atoms with Gasteiger partial charge in [-0.1, -0.05) is 36.4 Å². The van der Waals surface area contributed by atoms with Crippen molar-refractivity contribution in [3.05, 3.63) is 71.0 Å². The van der Waals surface area contributed by atoms with Crippen molar-refractivity contribution < 1.29 is 28.6 Å². The first-order valence-electron chi connectivity index (χ1n) is 11.6. The van der Waals surface area contributed by atoms with Crippen LogP contribution in [0.15, 0.2) is 48.5 Å². The molecular formula is C26H31FN2O5. The molecule has 0 bridgehead atoms. The third-order valence-electron chi connectivity index (χ3n) is 6.13. The monoisotopic (exact) mass is 470 g/mol. The highest BCUT2D eigenvalue weighted by atomic mass is 19.1. The number of rotatable bonds is 3. The third-order valence-corrected chi connectivity index (χ3v) is 6.13. The Morgan fingerprint density at radius 3 is 2.53 bits per heavy atom. The van der Waals surface area contributed by atoms with Crippen LogP contribution in [-0.2, 0) is 20.7 Å². The van der Waals surface area contributed by atoms with E-state index < -0.39 is 29.9 Å². The van der Waals surface area contributed by atoms with E-state index in [9.17, 15) is 19.1 Å². The van der Waals surface area contributed by atoms with Crippen LogP contribution in [0.4, 0.5) is 9.18 Å². The molecule has 0 unspecified atom stereocenters. The fraction of sp³-hybridized carbons (Fsp3) is 0.462. The van der Waals surface area contributed by atoms with Crippen LogP contribution in [-0.4, -0.2) is 59.0 Å². The number of fused-ring (bicyclic) bond motifs is 1. The van der Waals surface area contributed by atoms with E-state index in [-0.39, 0.29) is 30.8 Å². The zero-order chi connectivity index (χ0) is 24.5. The van der Waals surface area contributed by atoms with E-state index in [1.54, 1.807) is 37.8 Å². The van der Waals surface area contributed by atoms with Crippen LogP contribution in [0, 0.1) is 5.82 Å². The van der Waals surface area contributed by atoms with Gasteiger partial charge >= 0.3 is 6.09 Å². The molecule has 2 aliphatic rings. The summed E-state index contributed by atoms with van der Waals surface area (Å²) in [6.45, 7) is 5.73. The number of aliphatic hydroxyl groups excluding tert-OH is 1. The lowest BCUT2D eigenvalue weighted by molar-refractivity contribution is -0.155. The zero-order valence-electron chi connectivity index (χ0n) is 19.7. The molecule has 0 aliphatic carbocycles. The molecule has 1 saturated heterocycles. The minimum absolute atomic E-state index is 0.0115. The number of amides is 2. The van der Waals surface area contributed by atoms with Crippen molar-refractivity contribution in [2.75, 3.05) is 13.2 Å². The molecule has 2 amide bonds. The van der Waals surface area contributed by atoms with Gasteiger partial charge in [0.1, 0.15) is 17.5 Å². The molecule has 2 aliphatic heterocycles. The van der Waals surface area contributed by atoms with Crippen molar-refractivity contribution in [3.63, 3.8) is 0 Å². The average Bonchev–Trinajstić information content (AvgIpc) is 2.78. The highest BCUT2D eigenvalue weighted by molar-refractivity contribution is 5.82. The number of benzene rings is 2. The quantitative estimate of drug-likeness (QED) is 0.719. The van der Waals surface area contributed by atoms with E-state index in [1.807, 2.05) is 24.3 Å². The Bertz CT molecular complexity index is 1040. The first-order chi connectivity index (χ1) is 16.1. The van der Waals surface area contributed by atoms with Gasteiger partial charge in [0.15, 0.2) is 0 Å². The maximum Gasteiger partial charge on any atom is 0.408 e. The Kier molecular flexibility index (Phi) is 6.91. The molecule has 4 rings (SSSR count). The largest absolute Gasteiger partial charge is 0.444 e. The molecule has 0 saturated carbocycles. The minimum Gasteiger partial charge on any atom is -0.444 e. The molecule has 2 aromatic carbocycles. The van der Waals surface area contributed by atoms with E-state index in [4.69, 9.17) is 9.47 Å². The fourth-order valence-electron chi connectivity index (χ4n) is 4.54. The predicted octanol–water partition coefficient (Wildman–Crippen LogP) is 3.34. The van der Waals surface area contributed by atoms with Crippen LogP contribution in [0.2, 0.25) is 0 Å². The molecule has 2 N–H and O–H groups in total. The Hall–Kier alpha value is -2.97. The maximum absolute atomic E-state index is 13.6. The molecule has 2 heterocycles. The van der Waals surface area contributed by atoms with Gasteiger partial charge in [0.05, 0.1) is 24.8 Å². The topological polar surface area (TPSA) is 88.1 Å². The second kappa shape index (κ2) is 9.72. The van der Waals surface area contributed by atoms with Crippen LogP contribution >= 0.6 is 0 Å². The summed E-state index contributed by atoms with van der Waals surface area (Å²) in [7, 11) is 0. The van der Waals surface area contributed by atoms with E-state index in [1.165, 1.54) is 12.1 Å². The minimum atomic E-state index is -0.962. The summed E-state index contributed by atoms with van der Waals surface area (Å²) in [6, 6.07) is 13.0. The standard InChI is InChI=1S/C26H31FN2O5/c1-26(2,3)34-25(32)28-20-15-33-22(14-21(20)30)24(31)29-13-12-16-6-4-5-7-19(16)23(29)17-8-10-18(27)11-9-17/h4-11,20-23,30H,12-15H2,1-3H3,(H,28,32)/t20-,21+,22-,23+/m1/s1. The molecule has 8 heteroatoms. The molecule has 7 nitrogen and oxygen atoms in total. The summed E-state index contributed by atoms with van der Waals surface area (Å²) < 4.78 is 24.7. The highest BCUT2D eigenvalue weighted by Crippen LogP contribution is 2.36. The van der Waals surface area contributed by atoms with E-state index in [0.717, 1.165) is 16.7 Å². The van der Waals surface area contributed by atoms with Crippen molar-refractivity contribution in [1.29, 1.82) is 0 Å². The van der Waals surface area contributed by atoms with Gasteiger partial charge in [-0.15, -0.1) is 0 Å². The number of carbonyl (C=O) groups excluding carboxylic acids is 2. The summed E-state index contributed by atoms with van der Waals surface area (Å²) in [5.74, 6) is -0.577. The van der Waals surface area contributed by atoms with Crippen LogP contribution in [0.25, 0.3) is 0 Å². The summed E-state index contributed by atoms with van der Waals surface area (Å²) in [5, 5.41) is 13.3. The van der Waals surface area contributed by atoms with Crippen molar-refractivity contribution in [1.82, 2.24) is 10.2 Å². The van der Waals surface area contributed by atoms with Gasteiger partial charge in [0, 0.05) is 13.0 Å². The Labute approximate surface area is 198 Å². The summed E-state index contributed by atoms with van der Waals surface area (Å²) >= 11 is 0. The van der Waals surface area contributed by atoms with Gasteiger partial charge in [-0.3, -0.25) is 4.79 Å². The molecule has 0 radical (unpaired) electrons. The van der Waals surface area contributed by atoms with Crippen LogP contribution in [0.1, 0.15) is 49.9 Å². The normalized spacial score (nSPS) is 24.8. The summed E-state index contributed by atoms with van der Waals surface area (Å²) in [6.07, 6.45) is -1.71. The van der Waals surface area contributed by atoms with E-state index >= 15 is 0 Å². The lowest BCUT2D eigenvalue weighted by atomic mass is 9.87. The lowest BCUT2D eigenvalue weighted by Crippen LogP contribution is -2.56. The molecule has 2 aromatic rings. The predicted molar refractivity (Wildman–Crippen MR) is 124 cm³/mol. The van der Waals surface area contributed by atoms with Gasteiger partial charge in [0.25, 0.3) is 5.91 Å². The van der Waals surface area contributed by atoms with Crippen LogP contribution in [0.5, 0.6) is 0 Å². The van der Waals surface area contributed by atoms with Gasteiger partial charge in [-0.2, -0.15) is 0 Å². The first kappa shape index (κ1) is 24.2. The molecule has 0 spiro atoms. The molecule has 4 atom stereocenters. The molecule has 34 heavy (non-hydrogen) atoms. The van der Waals surface area contributed by atoms with Crippen LogP contribution < -0.4 is 5.32 Å². The summed E-state index contributed by atoms with van der Waals surface area (Å²) in [4.78, 5) is 27.4. The van der Waals surface area contributed by atoms with Gasteiger partial charge in [0.2, 0.25) is 0 Å². The number of ether oxygens (including phenoxy) is 2. The SMILES string of the molecule is CC(C)(C)OC(=O)N[C@@H]1CO[C@@H](C(=O)N2CCc3ccccc3[C@@H]2c2ccc(F)cc2)C[C@@H]1O. The van der Waals surface area contributed by atoms with Crippen LogP contribution in [0.3, 0.4) is 0 Å². The highest BCUT2D eigenvalue weighted by Gasteiger charge is 2.40. The number of nitrogens with one attached hydrogen (secondary N) is 1. The van der Waals surface area contributed by atoms with Crippen molar-refractivity contribution in [2.24, 2.45) is 0 Å². The van der Waals surface area contributed by atoms with Crippen molar-refractivity contribution in [2.45, 2.75) is 63.5 Å². The fourth-order valence-corrected chi connectivity index (χ4v) is 4.54. The summed E-state index contributed by atoms with van der Waals surface area (Å²) in [5.41, 5.74) is 2.28. The molecule has 182 valence electrons. The van der Waals surface area contributed by atoms with E-state index in [0.29, 0.717) is 13.0 Å². The molecular weight excluding hydrogens is 439 g/mol. The Morgan fingerprint density at radius 1 is 1.15 bits per heavy atom. The zero-order valence-corrected chi connectivity index (χ0v) is 19.7. The average molecular weight is 471 g/mol. The molecule has 1 fully saturated rings. The lowest BCUT2D eigenvalue weighted by Gasteiger charge is -2.41. The maximum atomic E-state index is 13.6. The second-order valence-electron chi connectivity index (χ2n) is 9.81. The Morgan fingerprint density at radius 2 is 1.85 bits per heavy atom. The number of alkyl carbamates (subject to hydrolysis) is 1. The molecule has 0 aromatic heterocycles.